The Morgan fingerprint density at radius 2 is 2.04 bits per heavy atom. The summed E-state index contributed by atoms with van der Waals surface area (Å²) >= 11 is 0. The standard InChI is InChI=1S/C17H16N4O2/c22-21(23)14-6-7-16-15(10-14)18-17-12-19(8-9-20(16)17)11-13-4-2-1-3-5-13/h1-7,10H,8-9,11-12H2/p+1. The molecule has 0 saturated heterocycles. The molecule has 2 aromatic carbocycles. The number of rotatable bonds is 3. The van der Waals surface area contributed by atoms with Crippen molar-refractivity contribution in [2.24, 2.45) is 0 Å². The van der Waals surface area contributed by atoms with Gasteiger partial charge in [-0.25, -0.2) is 4.98 Å². The Morgan fingerprint density at radius 3 is 2.83 bits per heavy atom. The molecule has 1 aliphatic rings. The van der Waals surface area contributed by atoms with Crippen LogP contribution in [-0.2, 0) is 19.6 Å². The highest BCUT2D eigenvalue weighted by Gasteiger charge is 2.23. The van der Waals surface area contributed by atoms with Gasteiger partial charge in [0.1, 0.15) is 13.1 Å². The summed E-state index contributed by atoms with van der Waals surface area (Å²) in [6.45, 7) is 3.75. The third-order valence-corrected chi connectivity index (χ3v) is 4.42. The van der Waals surface area contributed by atoms with E-state index in [1.807, 2.05) is 12.1 Å². The number of imidazole rings is 1. The van der Waals surface area contributed by atoms with Crippen molar-refractivity contribution in [2.45, 2.75) is 19.6 Å². The van der Waals surface area contributed by atoms with Gasteiger partial charge in [0.15, 0.2) is 5.82 Å². The van der Waals surface area contributed by atoms with Crippen molar-refractivity contribution in [1.82, 2.24) is 9.55 Å². The number of nitro benzene ring substituents is 1. The third-order valence-electron chi connectivity index (χ3n) is 4.42. The molecule has 116 valence electrons. The minimum atomic E-state index is -0.370. The van der Waals surface area contributed by atoms with E-state index in [-0.39, 0.29) is 10.6 Å². The first-order valence-corrected chi connectivity index (χ1v) is 7.72. The van der Waals surface area contributed by atoms with Crippen molar-refractivity contribution >= 4 is 16.7 Å². The lowest BCUT2D eigenvalue weighted by Crippen LogP contribution is -3.10. The van der Waals surface area contributed by atoms with E-state index in [2.05, 4.69) is 33.8 Å². The van der Waals surface area contributed by atoms with Crippen molar-refractivity contribution in [2.75, 3.05) is 6.54 Å². The number of hydrogen-bond acceptors (Lipinski definition) is 3. The van der Waals surface area contributed by atoms with E-state index in [1.165, 1.54) is 10.5 Å². The van der Waals surface area contributed by atoms with E-state index in [4.69, 9.17) is 0 Å². The quantitative estimate of drug-likeness (QED) is 0.589. The average molecular weight is 309 g/mol. The van der Waals surface area contributed by atoms with Gasteiger partial charge in [0.25, 0.3) is 5.69 Å². The van der Waals surface area contributed by atoms with Gasteiger partial charge < -0.3 is 9.47 Å². The zero-order valence-electron chi connectivity index (χ0n) is 12.6. The molecule has 3 aromatic rings. The van der Waals surface area contributed by atoms with Gasteiger partial charge in [0, 0.05) is 17.7 Å². The lowest BCUT2D eigenvalue weighted by Gasteiger charge is -2.25. The highest BCUT2D eigenvalue weighted by Crippen LogP contribution is 2.22. The Bertz CT molecular complexity index is 873. The molecule has 1 aromatic heterocycles. The van der Waals surface area contributed by atoms with Gasteiger partial charge in [-0.3, -0.25) is 10.1 Å². The average Bonchev–Trinajstić information content (AvgIpc) is 2.92. The van der Waals surface area contributed by atoms with E-state index in [1.54, 1.807) is 12.1 Å². The number of fused-ring (bicyclic) bond motifs is 3. The molecular formula is C17H17N4O2+. The number of nitrogens with zero attached hydrogens (tertiary/aromatic N) is 3. The van der Waals surface area contributed by atoms with Crippen molar-refractivity contribution in [3.8, 4) is 0 Å². The highest BCUT2D eigenvalue weighted by molar-refractivity contribution is 5.78. The largest absolute Gasteiger partial charge is 0.323 e. The minimum Gasteiger partial charge on any atom is -0.323 e. The Kier molecular flexibility index (Phi) is 3.31. The zero-order valence-corrected chi connectivity index (χ0v) is 12.6. The van der Waals surface area contributed by atoms with Gasteiger partial charge in [-0.2, -0.15) is 0 Å². The van der Waals surface area contributed by atoms with Gasteiger partial charge in [0.2, 0.25) is 0 Å². The zero-order chi connectivity index (χ0) is 15.8. The summed E-state index contributed by atoms with van der Waals surface area (Å²) in [5, 5.41) is 10.9. The predicted octanol–water partition coefficient (Wildman–Crippen LogP) is 1.54. The second-order valence-corrected chi connectivity index (χ2v) is 5.95. The smallest absolute Gasteiger partial charge is 0.271 e. The van der Waals surface area contributed by atoms with Gasteiger partial charge in [-0.05, 0) is 6.07 Å². The van der Waals surface area contributed by atoms with Gasteiger partial charge in [-0.15, -0.1) is 0 Å². The van der Waals surface area contributed by atoms with Crippen molar-refractivity contribution in [1.29, 1.82) is 0 Å². The normalized spacial score (nSPS) is 17.1. The van der Waals surface area contributed by atoms with E-state index < -0.39 is 0 Å². The molecule has 0 saturated carbocycles. The van der Waals surface area contributed by atoms with E-state index in [0.717, 1.165) is 43.0 Å². The molecule has 1 N–H and O–H groups in total. The van der Waals surface area contributed by atoms with Crippen LogP contribution in [0.3, 0.4) is 0 Å². The number of hydrogen-bond donors (Lipinski definition) is 1. The first kappa shape index (κ1) is 13.9. The van der Waals surface area contributed by atoms with Crippen molar-refractivity contribution < 1.29 is 9.82 Å². The topological polar surface area (TPSA) is 65.4 Å². The van der Waals surface area contributed by atoms with Crippen molar-refractivity contribution in [3.05, 3.63) is 70.0 Å². The summed E-state index contributed by atoms with van der Waals surface area (Å²) in [5.41, 5.74) is 3.13. The molecule has 0 aliphatic carbocycles. The first-order valence-electron chi connectivity index (χ1n) is 7.72. The fourth-order valence-electron chi connectivity index (χ4n) is 3.28. The number of quaternary nitrogens is 1. The fraction of sp³-hybridized carbons (Fsp3) is 0.235. The summed E-state index contributed by atoms with van der Waals surface area (Å²) in [4.78, 5) is 16.6. The van der Waals surface area contributed by atoms with Gasteiger partial charge in [-0.1, -0.05) is 30.3 Å². The lowest BCUT2D eigenvalue weighted by atomic mass is 10.2. The van der Waals surface area contributed by atoms with Gasteiger partial charge in [0.05, 0.1) is 29.0 Å². The molecular weight excluding hydrogens is 292 g/mol. The van der Waals surface area contributed by atoms with Crippen LogP contribution in [0.1, 0.15) is 11.4 Å². The van der Waals surface area contributed by atoms with Crippen LogP contribution < -0.4 is 4.90 Å². The molecule has 0 spiro atoms. The molecule has 23 heavy (non-hydrogen) atoms. The Hall–Kier alpha value is -2.73. The van der Waals surface area contributed by atoms with Crippen LogP contribution in [-0.4, -0.2) is 21.0 Å². The fourth-order valence-corrected chi connectivity index (χ4v) is 3.28. The Balaban J connectivity index is 1.62. The van der Waals surface area contributed by atoms with Crippen LogP contribution in [0.5, 0.6) is 0 Å². The molecule has 6 heteroatoms. The van der Waals surface area contributed by atoms with Gasteiger partial charge >= 0.3 is 0 Å². The summed E-state index contributed by atoms with van der Waals surface area (Å²) in [5.74, 6) is 1.01. The van der Waals surface area contributed by atoms with E-state index in [9.17, 15) is 10.1 Å². The molecule has 0 amide bonds. The molecule has 1 atom stereocenters. The minimum absolute atomic E-state index is 0.0986. The van der Waals surface area contributed by atoms with Crippen LogP contribution in [0.2, 0.25) is 0 Å². The molecule has 4 rings (SSSR count). The molecule has 0 fully saturated rings. The number of nitro groups is 1. The lowest BCUT2D eigenvalue weighted by molar-refractivity contribution is -0.932. The first-order chi connectivity index (χ1) is 11.2. The highest BCUT2D eigenvalue weighted by atomic mass is 16.6. The van der Waals surface area contributed by atoms with Crippen LogP contribution >= 0.6 is 0 Å². The van der Waals surface area contributed by atoms with Crippen LogP contribution in [0.4, 0.5) is 5.69 Å². The maximum atomic E-state index is 10.9. The molecule has 6 nitrogen and oxygen atoms in total. The van der Waals surface area contributed by atoms with Crippen LogP contribution in [0.15, 0.2) is 48.5 Å². The van der Waals surface area contributed by atoms with E-state index >= 15 is 0 Å². The molecule has 1 aliphatic heterocycles. The molecule has 0 radical (unpaired) electrons. The molecule has 2 heterocycles. The van der Waals surface area contributed by atoms with E-state index in [0.29, 0.717) is 0 Å². The third kappa shape index (κ3) is 2.57. The predicted molar refractivity (Wildman–Crippen MR) is 86.1 cm³/mol. The SMILES string of the molecule is O=[N+]([O-])c1ccc2c(c1)nc1n2CC[NH+](Cc2ccccc2)C1. The second kappa shape index (κ2) is 5.48. The maximum Gasteiger partial charge on any atom is 0.271 e. The number of non-ortho nitro benzene ring substituents is 1. The van der Waals surface area contributed by atoms with Crippen LogP contribution in [0.25, 0.3) is 11.0 Å². The summed E-state index contributed by atoms with van der Waals surface area (Å²) < 4.78 is 2.19. The Morgan fingerprint density at radius 1 is 1.22 bits per heavy atom. The summed E-state index contributed by atoms with van der Waals surface area (Å²) in [7, 11) is 0. The second-order valence-electron chi connectivity index (χ2n) is 5.95. The molecule has 0 bridgehead atoms. The monoisotopic (exact) mass is 309 g/mol. The number of benzene rings is 2. The summed E-state index contributed by atoms with van der Waals surface area (Å²) in [6.07, 6.45) is 0. The summed E-state index contributed by atoms with van der Waals surface area (Å²) in [6, 6.07) is 15.4. The maximum absolute atomic E-state index is 10.9. The molecule has 1 unspecified atom stereocenters. The Labute approximate surface area is 133 Å². The van der Waals surface area contributed by atoms with Crippen molar-refractivity contribution in [3.63, 3.8) is 0 Å². The number of nitrogens with one attached hydrogen (secondary N) is 1. The number of aromatic nitrogens is 2. The van der Waals surface area contributed by atoms with Crippen LogP contribution in [0, 0.1) is 10.1 Å².